The molecular formula is C15H24N2OS. The minimum absolute atomic E-state index is 0.00549. The van der Waals surface area contributed by atoms with Gasteiger partial charge in [-0.2, -0.15) is 0 Å². The molecule has 1 aromatic carbocycles. The molecule has 1 heterocycles. The van der Waals surface area contributed by atoms with Crippen LogP contribution in [0.2, 0.25) is 0 Å². The zero-order valence-corrected chi connectivity index (χ0v) is 12.9. The van der Waals surface area contributed by atoms with Crippen molar-refractivity contribution >= 4 is 10.8 Å². The number of hydrogen-bond donors (Lipinski definition) is 1. The highest BCUT2D eigenvalue weighted by Crippen LogP contribution is 2.24. The van der Waals surface area contributed by atoms with Gasteiger partial charge < -0.3 is 5.32 Å². The Kier molecular flexibility index (Phi) is 4.76. The summed E-state index contributed by atoms with van der Waals surface area (Å²) >= 11 is 0. The molecule has 3 unspecified atom stereocenters. The number of rotatable bonds is 4. The molecule has 19 heavy (non-hydrogen) atoms. The molecule has 1 N–H and O–H groups in total. The van der Waals surface area contributed by atoms with E-state index >= 15 is 0 Å². The van der Waals surface area contributed by atoms with E-state index in [1.165, 1.54) is 5.56 Å². The van der Waals surface area contributed by atoms with Crippen molar-refractivity contribution in [2.75, 3.05) is 32.4 Å². The van der Waals surface area contributed by atoms with Crippen molar-refractivity contribution in [3.63, 3.8) is 0 Å². The van der Waals surface area contributed by atoms with E-state index in [4.69, 9.17) is 0 Å². The molecule has 0 aliphatic carbocycles. The Morgan fingerprint density at radius 2 is 2.11 bits per heavy atom. The molecule has 1 aliphatic heterocycles. The first-order valence-electron chi connectivity index (χ1n) is 6.86. The standard InChI is InChI=1S/C15H24N2OS/c1-13(19(3)18)11-17-10-9-16-15(2,12-17)14-7-5-4-6-8-14/h4-8,13,16H,9-12H2,1-3H3. The molecule has 106 valence electrons. The molecule has 0 radical (unpaired) electrons. The first-order chi connectivity index (χ1) is 9.01. The van der Waals surface area contributed by atoms with Gasteiger partial charge in [0, 0.05) is 48.5 Å². The lowest BCUT2D eigenvalue weighted by molar-refractivity contribution is 0.144. The van der Waals surface area contributed by atoms with Gasteiger partial charge in [-0.15, -0.1) is 0 Å². The van der Waals surface area contributed by atoms with Crippen LogP contribution in [0.25, 0.3) is 0 Å². The van der Waals surface area contributed by atoms with Gasteiger partial charge in [0.1, 0.15) is 0 Å². The van der Waals surface area contributed by atoms with Gasteiger partial charge in [-0.25, -0.2) is 0 Å². The number of hydrogen-bond acceptors (Lipinski definition) is 3. The van der Waals surface area contributed by atoms with E-state index in [0.29, 0.717) is 0 Å². The fourth-order valence-electron chi connectivity index (χ4n) is 2.70. The van der Waals surface area contributed by atoms with Crippen molar-refractivity contribution < 1.29 is 4.21 Å². The molecule has 3 nitrogen and oxygen atoms in total. The van der Waals surface area contributed by atoms with Crippen LogP contribution in [0.3, 0.4) is 0 Å². The predicted octanol–water partition coefficient (Wildman–Crippen LogP) is 1.57. The Balaban J connectivity index is 2.06. The molecule has 0 saturated carbocycles. The maximum absolute atomic E-state index is 11.5. The smallest absolute Gasteiger partial charge is 0.0535 e. The van der Waals surface area contributed by atoms with Crippen molar-refractivity contribution in [3.8, 4) is 0 Å². The number of benzene rings is 1. The third kappa shape index (κ3) is 3.65. The highest BCUT2D eigenvalue weighted by molar-refractivity contribution is 7.84. The summed E-state index contributed by atoms with van der Waals surface area (Å²) in [5.41, 5.74) is 1.32. The Morgan fingerprint density at radius 3 is 2.74 bits per heavy atom. The van der Waals surface area contributed by atoms with Crippen LogP contribution in [0.15, 0.2) is 30.3 Å². The summed E-state index contributed by atoms with van der Waals surface area (Å²) < 4.78 is 11.5. The van der Waals surface area contributed by atoms with Crippen LogP contribution in [-0.4, -0.2) is 46.8 Å². The van der Waals surface area contributed by atoms with E-state index < -0.39 is 10.8 Å². The Bertz CT molecular complexity index is 437. The van der Waals surface area contributed by atoms with Crippen molar-refractivity contribution in [1.29, 1.82) is 0 Å². The Labute approximate surface area is 118 Å². The van der Waals surface area contributed by atoms with Crippen LogP contribution in [0.5, 0.6) is 0 Å². The SMILES string of the molecule is CC(CN1CCNC(C)(c2ccccc2)C1)S(C)=O. The van der Waals surface area contributed by atoms with Gasteiger partial charge in [0.05, 0.1) is 5.54 Å². The van der Waals surface area contributed by atoms with Crippen molar-refractivity contribution in [3.05, 3.63) is 35.9 Å². The summed E-state index contributed by atoms with van der Waals surface area (Å²) in [6, 6.07) is 10.6. The van der Waals surface area contributed by atoms with Gasteiger partial charge >= 0.3 is 0 Å². The Morgan fingerprint density at radius 1 is 1.42 bits per heavy atom. The molecular weight excluding hydrogens is 256 g/mol. The van der Waals surface area contributed by atoms with E-state index in [9.17, 15) is 4.21 Å². The van der Waals surface area contributed by atoms with Crippen LogP contribution in [0, 0.1) is 0 Å². The molecule has 1 aromatic rings. The van der Waals surface area contributed by atoms with Crippen LogP contribution in [0.4, 0.5) is 0 Å². The van der Waals surface area contributed by atoms with Crippen LogP contribution >= 0.6 is 0 Å². The molecule has 1 aliphatic rings. The lowest BCUT2D eigenvalue weighted by Crippen LogP contribution is -2.57. The summed E-state index contributed by atoms with van der Waals surface area (Å²) in [6.45, 7) is 8.21. The second-order valence-corrected chi connectivity index (χ2v) is 7.47. The van der Waals surface area contributed by atoms with E-state index in [1.54, 1.807) is 6.26 Å². The zero-order chi connectivity index (χ0) is 13.9. The summed E-state index contributed by atoms with van der Waals surface area (Å²) in [5.74, 6) is 0. The van der Waals surface area contributed by atoms with Gasteiger partial charge in [0.2, 0.25) is 0 Å². The topological polar surface area (TPSA) is 32.3 Å². The number of nitrogens with zero attached hydrogens (tertiary/aromatic N) is 1. The molecule has 4 heteroatoms. The predicted molar refractivity (Wildman–Crippen MR) is 81.8 cm³/mol. The average molecular weight is 280 g/mol. The molecule has 0 amide bonds. The maximum Gasteiger partial charge on any atom is 0.0535 e. The second-order valence-electron chi connectivity index (χ2n) is 5.67. The molecule has 2 rings (SSSR count). The average Bonchev–Trinajstić information content (AvgIpc) is 2.40. The van der Waals surface area contributed by atoms with Crippen molar-refractivity contribution in [2.45, 2.75) is 24.6 Å². The normalized spacial score (nSPS) is 27.9. The fraction of sp³-hybridized carbons (Fsp3) is 0.600. The Hall–Kier alpha value is -0.710. The lowest BCUT2D eigenvalue weighted by Gasteiger charge is -2.42. The minimum atomic E-state index is -0.743. The molecule has 0 spiro atoms. The largest absolute Gasteiger partial charge is 0.305 e. The fourth-order valence-corrected chi connectivity index (χ4v) is 3.12. The molecule has 0 bridgehead atoms. The summed E-state index contributed by atoms with van der Waals surface area (Å²) in [5, 5.41) is 3.86. The van der Waals surface area contributed by atoms with Crippen LogP contribution in [0.1, 0.15) is 19.4 Å². The summed E-state index contributed by atoms with van der Waals surface area (Å²) in [6.07, 6.45) is 1.79. The third-order valence-corrected chi connectivity index (χ3v) is 5.26. The van der Waals surface area contributed by atoms with Gasteiger partial charge in [-0.1, -0.05) is 30.3 Å². The van der Waals surface area contributed by atoms with Crippen molar-refractivity contribution in [1.82, 2.24) is 10.2 Å². The van der Waals surface area contributed by atoms with Crippen molar-refractivity contribution in [2.24, 2.45) is 0 Å². The van der Waals surface area contributed by atoms with Crippen LogP contribution < -0.4 is 5.32 Å². The molecule has 1 fully saturated rings. The third-order valence-electron chi connectivity index (χ3n) is 3.98. The maximum atomic E-state index is 11.5. The van der Waals surface area contributed by atoms with Gasteiger partial charge in [0.15, 0.2) is 0 Å². The van der Waals surface area contributed by atoms with E-state index in [0.717, 1.165) is 26.2 Å². The van der Waals surface area contributed by atoms with Gasteiger partial charge in [-0.3, -0.25) is 9.11 Å². The number of nitrogens with one attached hydrogen (secondary N) is 1. The van der Waals surface area contributed by atoms with Gasteiger partial charge in [0.25, 0.3) is 0 Å². The first-order valence-corrected chi connectivity index (χ1v) is 8.48. The summed E-state index contributed by atoms with van der Waals surface area (Å²) in [4.78, 5) is 2.43. The van der Waals surface area contributed by atoms with Gasteiger partial charge in [-0.05, 0) is 19.4 Å². The molecule has 3 atom stereocenters. The first kappa shape index (κ1) is 14.7. The highest BCUT2D eigenvalue weighted by atomic mass is 32.2. The van der Waals surface area contributed by atoms with Crippen LogP contribution in [-0.2, 0) is 16.3 Å². The highest BCUT2D eigenvalue weighted by Gasteiger charge is 2.32. The quantitative estimate of drug-likeness (QED) is 0.909. The second kappa shape index (κ2) is 6.16. The van der Waals surface area contributed by atoms with E-state index in [1.807, 2.05) is 0 Å². The monoisotopic (exact) mass is 280 g/mol. The minimum Gasteiger partial charge on any atom is -0.305 e. The lowest BCUT2D eigenvalue weighted by atomic mass is 9.89. The summed E-state index contributed by atoms with van der Waals surface area (Å²) in [7, 11) is -0.743. The zero-order valence-electron chi connectivity index (χ0n) is 12.1. The van der Waals surface area contributed by atoms with E-state index in [2.05, 4.69) is 54.4 Å². The molecule has 1 saturated heterocycles. The number of piperazine rings is 1. The molecule has 0 aromatic heterocycles. The van der Waals surface area contributed by atoms with E-state index in [-0.39, 0.29) is 10.8 Å².